The van der Waals surface area contributed by atoms with Gasteiger partial charge >= 0.3 is 0 Å². The summed E-state index contributed by atoms with van der Waals surface area (Å²) in [5.41, 5.74) is 0.633. The summed E-state index contributed by atoms with van der Waals surface area (Å²) in [7, 11) is 1.54. The molecule has 5 nitrogen and oxygen atoms in total. The highest BCUT2D eigenvalue weighted by Gasteiger charge is 2.28. The highest BCUT2D eigenvalue weighted by Crippen LogP contribution is 2.27. The number of rotatable bonds is 4. The molecule has 1 amide bonds. The fraction of sp³-hybridized carbons (Fsp3) is 0.500. The number of nitrogens with one attached hydrogen (secondary N) is 1. The zero-order chi connectivity index (χ0) is 14.7. The third kappa shape index (κ3) is 3.62. The molecule has 1 saturated heterocycles. The number of halogens is 1. The molecule has 2 atom stereocenters. The lowest BCUT2D eigenvalue weighted by Crippen LogP contribution is -2.32. The molecule has 2 rings (SSSR count). The summed E-state index contributed by atoms with van der Waals surface area (Å²) in [5.74, 6) is 0.659. The van der Waals surface area contributed by atoms with Crippen LogP contribution >= 0.6 is 11.6 Å². The minimum absolute atomic E-state index is 0.118. The van der Waals surface area contributed by atoms with Crippen molar-refractivity contribution in [2.24, 2.45) is 5.92 Å². The average molecular weight is 299 g/mol. The Kier molecular flexibility index (Phi) is 4.86. The molecule has 6 heteroatoms. The van der Waals surface area contributed by atoms with Crippen molar-refractivity contribution < 1.29 is 14.6 Å². The second-order valence-electron chi connectivity index (χ2n) is 5.14. The fourth-order valence-electron chi connectivity index (χ4n) is 2.32. The predicted molar refractivity (Wildman–Crippen MR) is 78.2 cm³/mol. The van der Waals surface area contributed by atoms with Gasteiger partial charge < -0.3 is 15.2 Å². The number of amides is 1. The molecule has 1 aliphatic rings. The molecule has 0 saturated carbocycles. The van der Waals surface area contributed by atoms with Crippen LogP contribution in [0.25, 0.3) is 0 Å². The van der Waals surface area contributed by atoms with Gasteiger partial charge in [0.05, 0.1) is 24.8 Å². The smallest absolute Gasteiger partial charge is 0.238 e. The number of likely N-dealkylation sites (tertiary alicyclic amines) is 1. The molecule has 0 spiro atoms. The van der Waals surface area contributed by atoms with Gasteiger partial charge in [0, 0.05) is 18.8 Å². The Morgan fingerprint density at radius 3 is 2.85 bits per heavy atom. The number of nitrogens with zero attached hydrogens (tertiary/aromatic N) is 1. The molecule has 110 valence electrons. The number of methoxy groups -OCH3 is 1. The van der Waals surface area contributed by atoms with Gasteiger partial charge in [0.25, 0.3) is 0 Å². The number of aliphatic hydroxyl groups excluding tert-OH is 1. The van der Waals surface area contributed by atoms with Crippen LogP contribution in [-0.4, -0.2) is 48.8 Å². The van der Waals surface area contributed by atoms with Crippen molar-refractivity contribution >= 4 is 23.2 Å². The molecule has 2 N–H and O–H groups in total. The Morgan fingerprint density at radius 1 is 1.55 bits per heavy atom. The summed E-state index contributed by atoms with van der Waals surface area (Å²) < 4.78 is 5.06. The minimum atomic E-state index is -0.349. The van der Waals surface area contributed by atoms with Crippen LogP contribution in [0.15, 0.2) is 18.2 Å². The Labute approximate surface area is 123 Å². The molecular formula is C14H19ClN2O3. The largest absolute Gasteiger partial charge is 0.495 e. The van der Waals surface area contributed by atoms with Gasteiger partial charge in [-0.2, -0.15) is 0 Å². The number of ether oxygens (including phenoxy) is 1. The number of carbonyl (C=O) groups is 1. The average Bonchev–Trinajstić information content (AvgIpc) is 2.68. The van der Waals surface area contributed by atoms with Crippen LogP contribution in [0.3, 0.4) is 0 Å². The molecule has 1 aromatic rings. The first-order valence-electron chi connectivity index (χ1n) is 6.53. The topological polar surface area (TPSA) is 61.8 Å². The maximum absolute atomic E-state index is 11.9. The number of carbonyl (C=O) groups excluding carboxylic acids is 1. The quantitative estimate of drug-likeness (QED) is 0.886. The van der Waals surface area contributed by atoms with Gasteiger partial charge in [-0.05, 0) is 24.1 Å². The highest BCUT2D eigenvalue weighted by atomic mass is 35.5. The second kappa shape index (κ2) is 6.43. The van der Waals surface area contributed by atoms with Gasteiger partial charge in [-0.15, -0.1) is 0 Å². The van der Waals surface area contributed by atoms with Crippen molar-refractivity contribution in [3.8, 4) is 5.75 Å². The Hall–Kier alpha value is -1.30. The number of β-amino-alcohol motifs (C(OH)–C–C–N with tert-alkyl or cyclic N) is 1. The van der Waals surface area contributed by atoms with E-state index in [9.17, 15) is 9.90 Å². The van der Waals surface area contributed by atoms with E-state index in [1.807, 2.05) is 11.8 Å². The summed E-state index contributed by atoms with van der Waals surface area (Å²) in [6.07, 6.45) is -0.349. The number of hydrogen-bond acceptors (Lipinski definition) is 4. The maximum atomic E-state index is 11.9. The fourth-order valence-corrected chi connectivity index (χ4v) is 2.58. The van der Waals surface area contributed by atoms with Crippen molar-refractivity contribution in [3.05, 3.63) is 23.2 Å². The lowest BCUT2D eigenvalue weighted by Gasteiger charge is -2.15. The molecule has 1 fully saturated rings. The van der Waals surface area contributed by atoms with Crippen LogP contribution in [0.4, 0.5) is 5.69 Å². The third-order valence-corrected chi connectivity index (χ3v) is 3.75. The molecule has 1 heterocycles. The zero-order valence-electron chi connectivity index (χ0n) is 11.6. The van der Waals surface area contributed by atoms with E-state index in [0.717, 1.165) is 6.54 Å². The van der Waals surface area contributed by atoms with E-state index in [4.69, 9.17) is 16.3 Å². The Bertz CT molecular complexity index is 485. The summed E-state index contributed by atoms with van der Waals surface area (Å²) in [6.45, 7) is 3.52. The summed E-state index contributed by atoms with van der Waals surface area (Å²) in [6, 6.07) is 5.10. The van der Waals surface area contributed by atoms with E-state index in [1.165, 1.54) is 0 Å². The van der Waals surface area contributed by atoms with Crippen LogP contribution in [0.5, 0.6) is 5.75 Å². The van der Waals surface area contributed by atoms with Gasteiger partial charge in [-0.1, -0.05) is 18.5 Å². The van der Waals surface area contributed by atoms with E-state index in [2.05, 4.69) is 5.32 Å². The Balaban J connectivity index is 1.90. The van der Waals surface area contributed by atoms with Crippen molar-refractivity contribution in [2.75, 3.05) is 32.1 Å². The SMILES string of the molecule is COc1ccc(NC(=O)CN2C[C@@H](C)[C@H](O)C2)cc1Cl. The molecule has 0 unspecified atom stereocenters. The number of benzene rings is 1. The monoisotopic (exact) mass is 298 g/mol. The first-order valence-corrected chi connectivity index (χ1v) is 6.91. The predicted octanol–water partition coefficient (Wildman–Crippen LogP) is 1.60. The molecule has 1 aromatic carbocycles. The molecule has 20 heavy (non-hydrogen) atoms. The standard InChI is InChI=1S/C14H19ClN2O3/c1-9-6-17(7-12(9)18)8-14(19)16-10-3-4-13(20-2)11(15)5-10/h3-5,9,12,18H,6-8H2,1-2H3,(H,16,19)/t9-,12-/m1/s1. The number of anilines is 1. The van der Waals surface area contributed by atoms with Gasteiger partial charge in [0.15, 0.2) is 0 Å². The lowest BCUT2D eigenvalue weighted by molar-refractivity contribution is -0.117. The minimum Gasteiger partial charge on any atom is -0.495 e. The van der Waals surface area contributed by atoms with E-state index in [-0.39, 0.29) is 24.5 Å². The molecule has 1 aliphatic heterocycles. The highest BCUT2D eigenvalue weighted by molar-refractivity contribution is 6.32. The van der Waals surface area contributed by atoms with E-state index < -0.39 is 0 Å². The van der Waals surface area contributed by atoms with Crippen molar-refractivity contribution in [1.82, 2.24) is 4.90 Å². The Morgan fingerprint density at radius 2 is 2.30 bits per heavy atom. The van der Waals surface area contributed by atoms with Crippen LogP contribution in [0.2, 0.25) is 5.02 Å². The summed E-state index contributed by atoms with van der Waals surface area (Å²) in [4.78, 5) is 13.9. The normalized spacial score (nSPS) is 22.8. The third-order valence-electron chi connectivity index (χ3n) is 3.45. The second-order valence-corrected chi connectivity index (χ2v) is 5.54. The first-order chi connectivity index (χ1) is 9.49. The summed E-state index contributed by atoms with van der Waals surface area (Å²) in [5, 5.41) is 12.9. The number of hydrogen-bond donors (Lipinski definition) is 2. The maximum Gasteiger partial charge on any atom is 0.238 e. The van der Waals surface area contributed by atoms with Crippen molar-refractivity contribution in [2.45, 2.75) is 13.0 Å². The molecule has 0 radical (unpaired) electrons. The molecule has 0 aliphatic carbocycles. The van der Waals surface area contributed by atoms with Gasteiger partial charge in [-0.25, -0.2) is 0 Å². The number of aliphatic hydroxyl groups is 1. The molecule has 0 bridgehead atoms. The zero-order valence-corrected chi connectivity index (χ0v) is 12.4. The van der Waals surface area contributed by atoms with Gasteiger partial charge in [0.1, 0.15) is 5.75 Å². The van der Waals surface area contributed by atoms with Gasteiger partial charge in [0.2, 0.25) is 5.91 Å². The van der Waals surface area contributed by atoms with Crippen molar-refractivity contribution in [3.63, 3.8) is 0 Å². The van der Waals surface area contributed by atoms with Gasteiger partial charge in [-0.3, -0.25) is 9.69 Å². The van der Waals surface area contributed by atoms with E-state index in [0.29, 0.717) is 23.0 Å². The van der Waals surface area contributed by atoms with Crippen LogP contribution < -0.4 is 10.1 Å². The van der Waals surface area contributed by atoms with Crippen LogP contribution in [0, 0.1) is 5.92 Å². The first kappa shape index (κ1) is 15.1. The molecule has 0 aromatic heterocycles. The molecular weight excluding hydrogens is 280 g/mol. The van der Waals surface area contributed by atoms with E-state index >= 15 is 0 Å². The summed E-state index contributed by atoms with van der Waals surface area (Å²) >= 11 is 6.00. The van der Waals surface area contributed by atoms with Crippen LogP contribution in [-0.2, 0) is 4.79 Å². The van der Waals surface area contributed by atoms with Crippen LogP contribution in [0.1, 0.15) is 6.92 Å². The van der Waals surface area contributed by atoms with E-state index in [1.54, 1.807) is 25.3 Å². The lowest BCUT2D eigenvalue weighted by atomic mass is 10.1. The van der Waals surface area contributed by atoms with Crippen molar-refractivity contribution in [1.29, 1.82) is 0 Å².